The molecule has 0 radical (unpaired) electrons. The Bertz CT molecular complexity index is 265. The van der Waals surface area contributed by atoms with Gasteiger partial charge in [0.1, 0.15) is 0 Å². The summed E-state index contributed by atoms with van der Waals surface area (Å²) >= 11 is 0. The van der Waals surface area contributed by atoms with Crippen LogP contribution < -0.4 is 10.6 Å². The van der Waals surface area contributed by atoms with Crippen molar-refractivity contribution in [1.82, 2.24) is 15.5 Å². The highest BCUT2D eigenvalue weighted by Crippen LogP contribution is 2.21. The van der Waals surface area contributed by atoms with Crippen LogP contribution in [0.3, 0.4) is 0 Å². The summed E-state index contributed by atoms with van der Waals surface area (Å²) < 4.78 is 0. The average Bonchev–Trinajstić information content (AvgIpc) is 2.33. The van der Waals surface area contributed by atoms with Crippen LogP contribution in [0.1, 0.15) is 38.5 Å². The number of hydrogen-bond donors (Lipinski definition) is 2. The highest BCUT2D eigenvalue weighted by Gasteiger charge is 2.24. The van der Waals surface area contributed by atoms with Crippen molar-refractivity contribution in [3.8, 4) is 0 Å². The van der Waals surface area contributed by atoms with E-state index in [0.29, 0.717) is 0 Å². The van der Waals surface area contributed by atoms with E-state index in [1.165, 1.54) is 32.1 Å². The van der Waals surface area contributed by atoms with E-state index in [1.54, 1.807) is 0 Å². The predicted octanol–water partition coefficient (Wildman–Crippen LogP) is 1.40. The fraction of sp³-hybridized carbons (Fsp3) is 0.929. The fourth-order valence-electron chi connectivity index (χ4n) is 2.86. The van der Waals surface area contributed by atoms with Crippen LogP contribution in [0.2, 0.25) is 0 Å². The van der Waals surface area contributed by atoms with Crippen molar-refractivity contribution in [2.24, 2.45) is 5.92 Å². The summed E-state index contributed by atoms with van der Waals surface area (Å²) in [6.45, 7) is 3.64. The van der Waals surface area contributed by atoms with Crippen molar-refractivity contribution in [2.75, 3.05) is 33.2 Å². The maximum absolute atomic E-state index is 11.6. The molecule has 2 fully saturated rings. The predicted molar refractivity (Wildman–Crippen MR) is 80.7 cm³/mol. The molecule has 1 amide bonds. The van der Waals surface area contributed by atoms with Crippen molar-refractivity contribution in [1.29, 1.82) is 0 Å². The van der Waals surface area contributed by atoms with Crippen molar-refractivity contribution >= 4 is 18.3 Å². The second-order valence-corrected chi connectivity index (χ2v) is 5.77. The molecule has 0 bridgehead atoms. The van der Waals surface area contributed by atoms with Crippen LogP contribution in [0, 0.1) is 5.92 Å². The molecule has 1 heterocycles. The lowest BCUT2D eigenvalue weighted by atomic mass is 9.94. The summed E-state index contributed by atoms with van der Waals surface area (Å²) in [4.78, 5) is 14.1. The van der Waals surface area contributed by atoms with Crippen LogP contribution in [0.5, 0.6) is 0 Å². The molecule has 1 saturated carbocycles. The van der Waals surface area contributed by atoms with Crippen LogP contribution in [-0.4, -0.2) is 50.1 Å². The van der Waals surface area contributed by atoms with E-state index in [-0.39, 0.29) is 24.2 Å². The molecule has 112 valence electrons. The number of carbonyl (C=O) groups is 1. The highest BCUT2D eigenvalue weighted by molar-refractivity contribution is 5.85. The Morgan fingerprint density at radius 3 is 2.53 bits per heavy atom. The van der Waals surface area contributed by atoms with Gasteiger partial charge in [-0.1, -0.05) is 19.3 Å². The molecule has 1 aliphatic carbocycles. The van der Waals surface area contributed by atoms with Gasteiger partial charge in [0.05, 0.1) is 5.92 Å². The van der Waals surface area contributed by atoms with Crippen LogP contribution in [0.4, 0.5) is 0 Å². The Balaban J connectivity index is 0.00000180. The van der Waals surface area contributed by atoms with Crippen LogP contribution in [0.25, 0.3) is 0 Å². The third kappa shape index (κ3) is 5.28. The zero-order valence-corrected chi connectivity index (χ0v) is 12.8. The Morgan fingerprint density at radius 2 is 1.95 bits per heavy atom. The third-order valence-electron chi connectivity index (χ3n) is 4.34. The van der Waals surface area contributed by atoms with Gasteiger partial charge in [-0.15, -0.1) is 12.4 Å². The summed E-state index contributed by atoms with van der Waals surface area (Å²) in [7, 11) is 2.23. The first kappa shape index (κ1) is 16.7. The number of nitrogens with zero attached hydrogens (tertiary/aromatic N) is 1. The van der Waals surface area contributed by atoms with Crippen molar-refractivity contribution in [3.05, 3.63) is 0 Å². The second kappa shape index (κ2) is 8.77. The third-order valence-corrected chi connectivity index (χ3v) is 4.34. The molecule has 2 N–H and O–H groups in total. The first-order valence-corrected chi connectivity index (χ1v) is 7.46. The van der Waals surface area contributed by atoms with E-state index in [4.69, 9.17) is 0 Å². The van der Waals surface area contributed by atoms with Gasteiger partial charge >= 0.3 is 0 Å². The lowest BCUT2D eigenvalue weighted by Gasteiger charge is -2.31. The number of nitrogens with one attached hydrogen (secondary N) is 2. The van der Waals surface area contributed by atoms with Gasteiger partial charge in [0, 0.05) is 25.7 Å². The van der Waals surface area contributed by atoms with Crippen molar-refractivity contribution in [2.45, 2.75) is 44.6 Å². The summed E-state index contributed by atoms with van der Waals surface area (Å²) in [5.74, 6) is 0.454. The van der Waals surface area contributed by atoms with Crippen LogP contribution in [-0.2, 0) is 4.79 Å². The first-order chi connectivity index (χ1) is 8.77. The lowest BCUT2D eigenvalue weighted by Crippen LogP contribution is -2.51. The van der Waals surface area contributed by atoms with Gasteiger partial charge in [-0.3, -0.25) is 4.79 Å². The molecule has 0 spiro atoms. The summed E-state index contributed by atoms with van der Waals surface area (Å²) in [6, 6.07) is 0.783. The summed E-state index contributed by atoms with van der Waals surface area (Å²) in [6.07, 6.45) is 7.97. The number of carbonyl (C=O) groups excluding carboxylic acids is 1. The van der Waals surface area contributed by atoms with E-state index in [0.717, 1.165) is 38.6 Å². The average molecular weight is 290 g/mol. The summed E-state index contributed by atoms with van der Waals surface area (Å²) in [5, 5.41) is 6.16. The molecular weight excluding hydrogens is 262 g/mol. The Labute approximate surface area is 123 Å². The molecule has 19 heavy (non-hydrogen) atoms. The van der Waals surface area contributed by atoms with Crippen LogP contribution in [0.15, 0.2) is 0 Å². The molecule has 4 nitrogen and oxygen atoms in total. The Hall–Kier alpha value is -0.320. The molecule has 2 rings (SSSR count). The SMILES string of the molecule is CN(CCCNC(=O)C1CNC1)C1CCCCC1.Cl. The standard InChI is InChI=1S/C14H27N3O.ClH/c1-17(13-6-3-2-4-7-13)9-5-8-16-14(18)12-10-15-11-12;/h12-13,15H,2-11H2,1H3,(H,16,18);1H. The van der Waals surface area contributed by atoms with Crippen LogP contribution >= 0.6 is 12.4 Å². The highest BCUT2D eigenvalue weighted by atomic mass is 35.5. The van der Waals surface area contributed by atoms with Gasteiger partial charge in [0.15, 0.2) is 0 Å². The molecule has 5 heteroatoms. The lowest BCUT2D eigenvalue weighted by molar-refractivity contribution is -0.126. The monoisotopic (exact) mass is 289 g/mol. The van der Waals surface area contributed by atoms with Gasteiger partial charge < -0.3 is 15.5 Å². The Kier molecular flexibility index (Phi) is 7.73. The fourth-order valence-corrected chi connectivity index (χ4v) is 2.86. The van der Waals surface area contributed by atoms with Gasteiger partial charge in [-0.25, -0.2) is 0 Å². The van der Waals surface area contributed by atoms with Crippen molar-refractivity contribution < 1.29 is 4.79 Å². The zero-order valence-electron chi connectivity index (χ0n) is 12.0. The maximum Gasteiger partial charge on any atom is 0.225 e. The van der Waals surface area contributed by atoms with Gasteiger partial charge in [0.2, 0.25) is 5.91 Å². The molecule has 0 aromatic carbocycles. The minimum atomic E-state index is 0. The molecule has 2 aliphatic rings. The minimum Gasteiger partial charge on any atom is -0.356 e. The number of amides is 1. The molecule has 0 aromatic rings. The van der Waals surface area contributed by atoms with Crippen molar-refractivity contribution in [3.63, 3.8) is 0 Å². The van der Waals surface area contributed by atoms with Gasteiger partial charge in [-0.2, -0.15) is 0 Å². The maximum atomic E-state index is 11.6. The molecule has 0 aromatic heterocycles. The number of hydrogen-bond acceptors (Lipinski definition) is 3. The Morgan fingerprint density at radius 1 is 1.26 bits per heavy atom. The topological polar surface area (TPSA) is 44.4 Å². The van der Waals surface area contributed by atoms with Gasteiger partial charge in [0.25, 0.3) is 0 Å². The smallest absolute Gasteiger partial charge is 0.225 e. The van der Waals surface area contributed by atoms with E-state index >= 15 is 0 Å². The molecule has 1 saturated heterocycles. The van der Waals surface area contributed by atoms with E-state index < -0.39 is 0 Å². The number of halogens is 1. The van der Waals surface area contributed by atoms with E-state index in [9.17, 15) is 4.79 Å². The van der Waals surface area contributed by atoms with Gasteiger partial charge in [-0.05, 0) is 32.9 Å². The second-order valence-electron chi connectivity index (χ2n) is 5.77. The quantitative estimate of drug-likeness (QED) is 0.727. The van der Waals surface area contributed by atoms with E-state index in [1.807, 2.05) is 0 Å². The minimum absolute atomic E-state index is 0. The molecule has 0 atom stereocenters. The largest absolute Gasteiger partial charge is 0.356 e. The molecular formula is C14H28ClN3O. The molecule has 0 unspecified atom stereocenters. The first-order valence-electron chi connectivity index (χ1n) is 7.46. The van der Waals surface area contributed by atoms with E-state index in [2.05, 4.69) is 22.6 Å². The molecule has 1 aliphatic heterocycles. The summed E-state index contributed by atoms with van der Waals surface area (Å²) in [5.41, 5.74) is 0. The normalized spacial score (nSPS) is 20.7. The zero-order chi connectivity index (χ0) is 12.8. The number of rotatable bonds is 6.